The second-order valence-electron chi connectivity index (χ2n) is 7.80. The third kappa shape index (κ3) is 7.07. The van der Waals surface area contributed by atoms with Gasteiger partial charge in [0.25, 0.3) is 0 Å². The molecule has 0 fully saturated rings. The summed E-state index contributed by atoms with van der Waals surface area (Å²) < 4.78 is 10.1. The van der Waals surface area contributed by atoms with Crippen LogP contribution in [0.15, 0.2) is 60.7 Å². The molecule has 2 aromatic carbocycles. The molecule has 0 saturated heterocycles. The molecule has 0 unspecified atom stereocenters. The molecule has 0 atom stereocenters. The van der Waals surface area contributed by atoms with Crippen molar-refractivity contribution in [1.29, 1.82) is 0 Å². The molecule has 2 aromatic rings. The molecular weight excluding hydrogens is 461 g/mol. The minimum absolute atomic E-state index is 0.0563. The summed E-state index contributed by atoms with van der Waals surface area (Å²) in [6.07, 6.45) is 6.27. The summed E-state index contributed by atoms with van der Waals surface area (Å²) in [5, 5.41) is 4.52. The maximum atomic E-state index is 7.21. The van der Waals surface area contributed by atoms with Gasteiger partial charge in [0.05, 0.1) is 0 Å². The summed E-state index contributed by atoms with van der Waals surface area (Å²) in [6, 6.07) is 22.0. The Morgan fingerprint density at radius 1 is 0.679 bits per heavy atom. The third-order valence-electron chi connectivity index (χ3n) is 5.82. The average Bonchev–Trinajstić information content (AvgIpc) is 2.76. The number of benzene rings is 2. The molecule has 0 bridgehead atoms. The molecule has 3 heteroatoms. The molecule has 0 aliphatic rings. The van der Waals surface area contributed by atoms with Gasteiger partial charge in [0.2, 0.25) is 0 Å². The van der Waals surface area contributed by atoms with Crippen molar-refractivity contribution in [2.45, 2.75) is 81.2 Å². The molecule has 0 aliphatic heterocycles. The summed E-state index contributed by atoms with van der Waals surface area (Å²) in [5.41, 5.74) is 0.0563. The van der Waals surface area contributed by atoms with E-state index in [1.54, 1.807) is 0 Å². The topological polar surface area (TPSA) is 9.23 Å². The van der Waals surface area contributed by atoms with Crippen molar-refractivity contribution in [3.05, 3.63) is 60.7 Å². The van der Waals surface area contributed by atoms with Crippen LogP contribution in [-0.4, -0.2) is 34.6 Å². The van der Waals surface area contributed by atoms with Gasteiger partial charge in [0.15, 0.2) is 0 Å². The number of hydrogen-bond donors (Lipinski definition) is 0. The second kappa shape index (κ2) is 12.9. The Morgan fingerprint density at radius 3 is 1.54 bits per heavy atom. The molecule has 0 heterocycles. The monoisotopic (exact) mass is 502 g/mol. The van der Waals surface area contributed by atoms with E-state index >= 15 is 0 Å². The molecule has 0 aliphatic carbocycles. The van der Waals surface area contributed by atoms with E-state index in [9.17, 15) is 0 Å². The van der Waals surface area contributed by atoms with E-state index < -0.39 is 29.0 Å². The molecule has 1 nitrogen and oxygen atoms in total. The van der Waals surface area contributed by atoms with Crippen LogP contribution in [0.4, 0.5) is 0 Å². The fourth-order valence-electron chi connectivity index (χ4n) is 3.97. The van der Waals surface area contributed by atoms with E-state index in [2.05, 4.69) is 88.4 Å². The van der Waals surface area contributed by atoms with Crippen LogP contribution in [0.25, 0.3) is 0 Å². The van der Waals surface area contributed by atoms with Gasteiger partial charge in [-0.3, -0.25) is 0 Å². The zero-order valence-electron chi connectivity index (χ0n) is 18.3. The van der Waals surface area contributed by atoms with Crippen LogP contribution in [0.1, 0.15) is 59.8 Å². The predicted octanol–water partition coefficient (Wildman–Crippen LogP) is 6.07. The quantitative estimate of drug-likeness (QED) is 0.304. The normalized spacial score (nSPS) is 12.1. The average molecular weight is 500 g/mol. The summed E-state index contributed by atoms with van der Waals surface area (Å²) >= 11 is -2.94. The van der Waals surface area contributed by atoms with Crippen molar-refractivity contribution >= 4 is 37.8 Å². The van der Waals surface area contributed by atoms with E-state index in [0.29, 0.717) is 0 Å². The third-order valence-corrected chi connectivity index (χ3v) is 17.8. The van der Waals surface area contributed by atoms with Crippen molar-refractivity contribution < 1.29 is 3.76 Å². The summed E-state index contributed by atoms with van der Waals surface area (Å²) in [7, 11) is 0. The summed E-state index contributed by atoms with van der Waals surface area (Å²) in [6.45, 7) is 9.41. The second-order valence-corrected chi connectivity index (χ2v) is 18.3. The zero-order chi connectivity index (χ0) is 20.2. The van der Waals surface area contributed by atoms with Gasteiger partial charge in [-0.1, -0.05) is 0 Å². The van der Waals surface area contributed by atoms with Crippen LogP contribution in [0.3, 0.4) is 0 Å². The zero-order valence-corrected chi connectivity index (χ0v) is 22.5. The number of rotatable bonds is 13. The van der Waals surface area contributed by atoms with Crippen molar-refractivity contribution in [3.8, 4) is 0 Å². The van der Waals surface area contributed by atoms with Gasteiger partial charge in [-0.2, -0.15) is 0 Å². The molecule has 2 radical (unpaired) electrons. The van der Waals surface area contributed by atoms with Crippen LogP contribution in [0, 0.1) is 0 Å². The summed E-state index contributed by atoms with van der Waals surface area (Å²) in [5.74, 6) is 0. The van der Waals surface area contributed by atoms with Gasteiger partial charge in [0.1, 0.15) is 0 Å². The SMILES string of the molecule is CC[CH2][Ge]([CH2]CC)[CH2]CC(CC)(CC)[O][Ge]([c]1ccccc1)[c]1ccccc1. The van der Waals surface area contributed by atoms with Gasteiger partial charge in [-0.05, 0) is 0 Å². The standard InChI is InChI=1S/C25H38Ge2O/c1-5-20-26(21-6-2)22-19-25(7-3,8-4)28-27(23-15-11-9-12-16-23)24-17-13-10-14-18-24/h9-18H,5-8,19-22H2,1-4H3. The van der Waals surface area contributed by atoms with Gasteiger partial charge in [-0.25, -0.2) is 0 Å². The van der Waals surface area contributed by atoms with Gasteiger partial charge >= 0.3 is 183 Å². The van der Waals surface area contributed by atoms with Crippen LogP contribution in [0.2, 0.25) is 15.8 Å². The minimum atomic E-state index is -2.03. The van der Waals surface area contributed by atoms with Crippen LogP contribution >= 0.6 is 0 Å². The van der Waals surface area contributed by atoms with Crippen LogP contribution in [0.5, 0.6) is 0 Å². The van der Waals surface area contributed by atoms with Gasteiger partial charge < -0.3 is 0 Å². The van der Waals surface area contributed by atoms with E-state index in [0.717, 1.165) is 12.8 Å². The summed E-state index contributed by atoms with van der Waals surface area (Å²) in [4.78, 5) is 0. The molecule has 0 saturated carbocycles. The Kier molecular flexibility index (Phi) is 11.0. The molecule has 0 amide bonds. The molecule has 152 valence electrons. The Hall–Kier alpha value is -0.514. The van der Waals surface area contributed by atoms with Crippen molar-refractivity contribution in [2.75, 3.05) is 0 Å². The Balaban J connectivity index is 2.24. The van der Waals surface area contributed by atoms with Gasteiger partial charge in [0, 0.05) is 0 Å². The first-order valence-electron chi connectivity index (χ1n) is 11.2. The molecule has 0 aromatic heterocycles. The predicted molar refractivity (Wildman–Crippen MR) is 128 cm³/mol. The fourth-order valence-corrected chi connectivity index (χ4v) is 15.2. The Labute approximate surface area is 182 Å². The Morgan fingerprint density at radius 2 is 1.14 bits per heavy atom. The van der Waals surface area contributed by atoms with E-state index in [4.69, 9.17) is 3.76 Å². The molecule has 28 heavy (non-hydrogen) atoms. The van der Waals surface area contributed by atoms with Crippen LogP contribution in [-0.2, 0) is 3.76 Å². The van der Waals surface area contributed by atoms with E-state index in [-0.39, 0.29) is 5.60 Å². The molecule has 2 rings (SSSR count). The first kappa shape index (κ1) is 23.8. The first-order chi connectivity index (χ1) is 13.7. The Bertz CT molecular complexity index is 595. The number of hydrogen-bond acceptors (Lipinski definition) is 1. The van der Waals surface area contributed by atoms with E-state index in [1.807, 2.05) is 0 Å². The van der Waals surface area contributed by atoms with Crippen molar-refractivity contribution in [3.63, 3.8) is 0 Å². The first-order valence-corrected chi connectivity index (χ1v) is 18.6. The van der Waals surface area contributed by atoms with Gasteiger partial charge in [-0.15, -0.1) is 0 Å². The van der Waals surface area contributed by atoms with Crippen molar-refractivity contribution in [2.24, 2.45) is 0 Å². The molecule has 0 N–H and O–H groups in total. The van der Waals surface area contributed by atoms with Crippen LogP contribution < -0.4 is 8.79 Å². The molecule has 0 spiro atoms. The molecular formula is C25H38Ge2O. The fraction of sp³-hybridized carbons (Fsp3) is 0.520. The van der Waals surface area contributed by atoms with E-state index in [1.165, 1.54) is 43.8 Å². The van der Waals surface area contributed by atoms with Crippen molar-refractivity contribution in [1.82, 2.24) is 0 Å². The maximum absolute atomic E-state index is 7.21.